The van der Waals surface area contributed by atoms with E-state index in [0.717, 1.165) is 12.8 Å². The quantitative estimate of drug-likeness (QED) is 0.646. The Hall–Kier alpha value is -1.10. The van der Waals surface area contributed by atoms with Crippen molar-refractivity contribution in [2.24, 2.45) is 11.7 Å². The van der Waals surface area contributed by atoms with Crippen LogP contribution in [0.25, 0.3) is 0 Å². The summed E-state index contributed by atoms with van der Waals surface area (Å²) < 4.78 is 4.60. The predicted molar refractivity (Wildman–Crippen MR) is 75.6 cm³/mol. The Bertz CT molecular complexity index is 280. The number of ether oxygens (including phenoxy) is 1. The van der Waals surface area contributed by atoms with Crippen molar-refractivity contribution >= 4 is 11.9 Å². The molecule has 5 nitrogen and oxygen atoms in total. The monoisotopic (exact) mass is 272 g/mol. The van der Waals surface area contributed by atoms with Crippen molar-refractivity contribution in [3.05, 3.63) is 0 Å². The standard InChI is InChI=1S/C14H28N2O3/c1-5-6-7-12(15)14(18)16(10-11(2)3)9-8-13(17)19-4/h11-12H,5-10,15H2,1-4H3. The number of nitrogens with two attached hydrogens (primary N) is 1. The van der Waals surface area contributed by atoms with Crippen molar-refractivity contribution in [1.29, 1.82) is 0 Å². The van der Waals surface area contributed by atoms with Crippen molar-refractivity contribution in [2.75, 3.05) is 20.2 Å². The zero-order valence-corrected chi connectivity index (χ0v) is 12.6. The van der Waals surface area contributed by atoms with Gasteiger partial charge in [0.05, 0.1) is 19.6 Å². The molecule has 0 bridgehead atoms. The van der Waals surface area contributed by atoms with Crippen LogP contribution in [-0.4, -0.2) is 43.0 Å². The first kappa shape index (κ1) is 17.9. The van der Waals surface area contributed by atoms with E-state index in [-0.39, 0.29) is 18.3 Å². The summed E-state index contributed by atoms with van der Waals surface area (Å²) >= 11 is 0. The highest BCUT2D eigenvalue weighted by Gasteiger charge is 2.21. The van der Waals surface area contributed by atoms with E-state index in [4.69, 9.17) is 5.73 Å². The molecular weight excluding hydrogens is 244 g/mol. The highest BCUT2D eigenvalue weighted by Crippen LogP contribution is 2.07. The first-order chi connectivity index (χ1) is 8.92. The fourth-order valence-corrected chi connectivity index (χ4v) is 1.84. The molecular formula is C14H28N2O3. The van der Waals surface area contributed by atoms with Gasteiger partial charge in [0.15, 0.2) is 0 Å². The molecule has 0 spiro atoms. The van der Waals surface area contributed by atoms with E-state index < -0.39 is 6.04 Å². The Labute approximate surface area is 116 Å². The number of carbonyl (C=O) groups excluding carboxylic acids is 2. The van der Waals surface area contributed by atoms with Gasteiger partial charge in [0, 0.05) is 13.1 Å². The average Bonchev–Trinajstić information content (AvgIpc) is 2.38. The lowest BCUT2D eigenvalue weighted by Crippen LogP contribution is -2.46. The van der Waals surface area contributed by atoms with Gasteiger partial charge in [-0.05, 0) is 12.3 Å². The van der Waals surface area contributed by atoms with Gasteiger partial charge in [0.1, 0.15) is 0 Å². The second-order valence-corrected chi connectivity index (χ2v) is 5.25. The van der Waals surface area contributed by atoms with Crippen molar-refractivity contribution in [3.8, 4) is 0 Å². The van der Waals surface area contributed by atoms with Crippen LogP contribution in [0.5, 0.6) is 0 Å². The Morgan fingerprint density at radius 2 is 1.95 bits per heavy atom. The summed E-state index contributed by atoms with van der Waals surface area (Å²) in [6, 6.07) is -0.462. The molecule has 0 radical (unpaired) electrons. The normalized spacial score (nSPS) is 12.3. The Balaban J connectivity index is 4.45. The zero-order chi connectivity index (χ0) is 14.8. The number of unbranched alkanes of at least 4 members (excludes halogenated alkanes) is 1. The number of rotatable bonds is 9. The second kappa shape index (κ2) is 9.78. The van der Waals surface area contributed by atoms with Crippen molar-refractivity contribution < 1.29 is 14.3 Å². The van der Waals surface area contributed by atoms with Crippen LogP contribution in [0.1, 0.15) is 46.5 Å². The van der Waals surface area contributed by atoms with E-state index in [9.17, 15) is 9.59 Å². The molecule has 19 heavy (non-hydrogen) atoms. The molecule has 0 aliphatic rings. The third-order valence-electron chi connectivity index (χ3n) is 2.90. The van der Waals surface area contributed by atoms with E-state index in [0.29, 0.717) is 25.4 Å². The van der Waals surface area contributed by atoms with Crippen molar-refractivity contribution in [1.82, 2.24) is 4.90 Å². The van der Waals surface area contributed by atoms with Crippen LogP contribution >= 0.6 is 0 Å². The maximum Gasteiger partial charge on any atom is 0.307 e. The molecule has 1 unspecified atom stereocenters. The number of esters is 1. The van der Waals surface area contributed by atoms with Gasteiger partial charge in [-0.3, -0.25) is 9.59 Å². The van der Waals surface area contributed by atoms with Crippen LogP contribution in [0.3, 0.4) is 0 Å². The predicted octanol–water partition coefficient (Wildman–Crippen LogP) is 1.55. The van der Waals surface area contributed by atoms with Crippen LogP contribution in [0, 0.1) is 5.92 Å². The molecule has 0 aliphatic carbocycles. The van der Waals surface area contributed by atoms with Crippen molar-refractivity contribution in [3.63, 3.8) is 0 Å². The van der Waals surface area contributed by atoms with Crippen molar-refractivity contribution in [2.45, 2.75) is 52.5 Å². The molecule has 0 aromatic carbocycles. The van der Waals surface area contributed by atoms with Crippen LogP contribution in [0.15, 0.2) is 0 Å². The molecule has 112 valence electrons. The molecule has 1 atom stereocenters. The minimum absolute atomic E-state index is 0.0638. The van der Waals surface area contributed by atoms with Gasteiger partial charge >= 0.3 is 5.97 Å². The summed E-state index contributed by atoms with van der Waals surface area (Å²) in [4.78, 5) is 25.1. The molecule has 2 N–H and O–H groups in total. The summed E-state index contributed by atoms with van der Waals surface area (Å²) in [6.45, 7) is 7.14. The average molecular weight is 272 g/mol. The highest BCUT2D eigenvalue weighted by atomic mass is 16.5. The molecule has 0 heterocycles. The van der Waals surface area contributed by atoms with E-state index in [1.165, 1.54) is 7.11 Å². The Morgan fingerprint density at radius 3 is 2.42 bits per heavy atom. The summed E-state index contributed by atoms with van der Waals surface area (Å²) in [5.74, 6) is -0.0188. The molecule has 0 aromatic heterocycles. The lowest BCUT2D eigenvalue weighted by molar-refractivity contribution is -0.142. The van der Waals surface area contributed by atoms with Gasteiger partial charge < -0.3 is 15.4 Å². The molecule has 0 aromatic rings. The van der Waals surface area contributed by atoms with Gasteiger partial charge in [0.25, 0.3) is 0 Å². The van der Waals surface area contributed by atoms with Gasteiger partial charge in [-0.15, -0.1) is 0 Å². The SMILES string of the molecule is CCCCC(N)C(=O)N(CCC(=O)OC)CC(C)C. The van der Waals surface area contributed by atoms with Crippen LogP contribution in [0.2, 0.25) is 0 Å². The smallest absolute Gasteiger partial charge is 0.307 e. The third-order valence-corrected chi connectivity index (χ3v) is 2.90. The highest BCUT2D eigenvalue weighted by molar-refractivity contribution is 5.82. The molecule has 5 heteroatoms. The minimum atomic E-state index is -0.462. The second-order valence-electron chi connectivity index (χ2n) is 5.25. The molecule has 0 aliphatic heterocycles. The van der Waals surface area contributed by atoms with Gasteiger partial charge in [-0.1, -0.05) is 33.6 Å². The molecule has 0 saturated heterocycles. The summed E-state index contributed by atoms with van der Waals surface area (Å²) in [6.07, 6.45) is 2.88. The van der Waals surface area contributed by atoms with E-state index >= 15 is 0 Å². The Kier molecular flexibility index (Phi) is 9.21. The summed E-state index contributed by atoms with van der Waals surface area (Å²) in [5, 5.41) is 0. The molecule has 0 fully saturated rings. The number of amides is 1. The largest absolute Gasteiger partial charge is 0.469 e. The van der Waals surface area contributed by atoms with Gasteiger partial charge in [-0.25, -0.2) is 0 Å². The first-order valence-corrected chi connectivity index (χ1v) is 7.03. The summed E-state index contributed by atoms with van der Waals surface area (Å²) in [5.41, 5.74) is 5.91. The van der Waals surface area contributed by atoms with Crippen LogP contribution in [0.4, 0.5) is 0 Å². The number of nitrogens with zero attached hydrogens (tertiary/aromatic N) is 1. The zero-order valence-electron chi connectivity index (χ0n) is 12.6. The van der Waals surface area contributed by atoms with Gasteiger partial charge in [0.2, 0.25) is 5.91 Å². The topological polar surface area (TPSA) is 72.6 Å². The summed E-state index contributed by atoms with van der Waals surface area (Å²) in [7, 11) is 1.35. The maximum absolute atomic E-state index is 12.2. The maximum atomic E-state index is 12.2. The number of hydrogen-bond donors (Lipinski definition) is 1. The minimum Gasteiger partial charge on any atom is -0.469 e. The lowest BCUT2D eigenvalue weighted by Gasteiger charge is -2.27. The fourth-order valence-electron chi connectivity index (χ4n) is 1.84. The third kappa shape index (κ3) is 7.82. The van der Waals surface area contributed by atoms with Crippen LogP contribution in [-0.2, 0) is 14.3 Å². The number of hydrogen-bond acceptors (Lipinski definition) is 4. The molecule has 1 amide bonds. The van der Waals surface area contributed by atoms with Gasteiger partial charge in [-0.2, -0.15) is 0 Å². The molecule has 0 saturated carbocycles. The Morgan fingerprint density at radius 1 is 1.32 bits per heavy atom. The number of carbonyl (C=O) groups is 2. The number of methoxy groups -OCH3 is 1. The van der Waals surface area contributed by atoms with E-state index in [1.807, 2.05) is 13.8 Å². The van der Waals surface area contributed by atoms with E-state index in [1.54, 1.807) is 4.90 Å². The first-order valence-electron chi connectivity index (χ1n) is 7.03. The van der Waals surface area contributed by atoms with Crippen LogP contribution < -0.4 is 5.73 Å². The van der Waals surface area contributed by atoms with E-state index in [2.05, 4.69) is 11.7 Å². The lowest BCUT2D eigenvalue weighted by atomic mass is 10.1. The molecule has 0 rings (SSSR count). The fraction of sp³-hybridized carbons (Fsp3) is 0.857.